The Hall–Kier alpha value is -5.00. The van der Waals surface area contributed by atoms with E-state index in [1.165, 1.54) is 46.5 Å². The number of amides is 1. The molecule has 18 heteroatoms. The molecule has 1 aromatic carbocycles. The topological polar surface area (TPSA) is 153 Å². The molecule has 0 spiro atoms. The standard InChI is InChI=1S/C30H35F3N10O4S/c1-7-12-42-26(44)21-15-35-27(38-25(21)43(42)24-17-34-16-23(37-24)39-48(5,6)46)36-19-8-10-20(11-9-19)40-13-14-41(22(18-40)30(31,32)33)28(45)47-29(2,3)4/h7-11,15-17,22H,1,12-14,18H2,2-6H3,(H,35,36,38). The molecule has 256 valence electrons. The van der Waals surface area contributed by atoms with Crippen LogP contribution in [0.4, 0.5) is 41.1 Å². The van der Waals surface area contributed by atoms with Crippen molar-refractivity contribution in [1.29, 1.82) is 0 Å². The molecule has 1 aliphatic rings. The molecule has 0 radical (unpaired) electrons. The molecule has 1 fully saturated rings. The summed E-state index contributed by atoms with van der Waals surface area (Å²) >= 11 is 0. The average molecular weight is 689 g/mol. The quantitative estimate of drug-likeness (QED) is 0.272. The van der Waals surface area contributed by atoms with Crippen molar-refractivity contribution in [1.82, 2.24) is 34.2 Å². The third-order valence-electron chi connectivity index (χ3n) is 6.99. The van der Waals surface area contributed by atoms with E-state index in [4.69, 9.17) is 4.74 Å². The smallest absolute Gasteiger partial charge is 0.410 e. The van der Waals surface area contributed by atoms with E-state index >= 15 is 0 Å². The zero-order valence-electron chi connectivity index (χ0n) is 26.9. The highest BCUT2D eigenvalue weighted by Gasteiger charge is 2.49. The van der Waals surface area contributed by atoms with Crippen LogP contribution >= 0.6 is 0 Å². The second-order valence-corrected chi connectivity index (χ2v) is 14.8. The van der Waals surface area contributed by atoms with Gasteiger partial charge in [-0.15, -0.1) is 6.58 Å². The number of fused-ring (bicyclic) bond motifs is 1. The number of carbonyl (C=O) groups is 1. The lowest BCUT2D eigenvalue weighted by Gasteiger charge is -2.43. The summed E-state index contributed by atoms with van der Waals surface area (Å²) in [5, 5.41) is 3.25. The van der Waals surface area contributed by atoms with Crippen LogP contribution in [-0.2, 0) is 21.0 Å². The first kappa shape index (κ1) is 34.3. The largest absolute Gasteiger partial charge is 0.444 e. The summed E-state index contributed by atoms with van der Waals surface area (Å²) < 4.78 is 66.5. The number of hydrogen-bond acceptors (Lipinski definition) is 11. The van der Waals surface area contributed by atoms with Crippen LogP contribution in [0.3, 0.4) is 0 Å². The highest BCUT2D eigenvalue weighted by atomic mass is 32.2. The highest BCUT2D eigenvalue weighted by Crippen LogP contribution is 2.32. The van der Waals surface area contributed by atoms with Crippen molar-refractivity contribution in [3.8, 4) is 5.82 Å². The lowest BCUT2D eigenvalue weighted by molar-refractivity contribution is -0.181. The number of anilines is 3. The number of alkyl halides is 3. The van der Waals surface area contributed by atoms with Gasteiger partial charge in [0.2, 0.25) is 5.95 Å². The number of nitrogens with zero attached hydrogens (tertiary/aromatic N) is 9. The SMILES string of the molecule is C=CCn1c(=O)c2cnc(Nc3ccc(N4CCN(C(=O)OC(C)(C)C)C(C(F)(F)F)C4)cc3)nc2n1-c1cncc(N=S(C)(C)=O)n1. The molecule has 3 aromatic heterocycles. The number of hydrogen-bond donors (Lipinski definition) is 1. The van der Waals surface area contributed by atoms with Gasteiger partial charge in [-0.1, -0.05) is 6.08 Å². The van der Waals surface area contributed by atoms with E-state index in [0.717, 1.165) is 4.90 Å². The number of carbonyl (C=O) groups excluding carboxylic acids is 1. The lowest BCUT2D eigenvalue weighted by atomic mass is 10.1. The zero-order chi connectivity index (χ0) is 35.0. The first-order chi connectivity index (χ1) is 22.4. The molecule has 14 nitrogen and oxygen atoms in total. The second-order valence-electron chi connectivity index (χ2n) is 12.3. The lowest BCUT2D eigenvalue weighted by Crippen LogP contribution is -2.61. The van der Waals surface area contributed by atoms with Gasteiger partial charge in [0.25, 0.3) is 5.56 Å². The molecule has 0 bridgehead atoms. The van der Waals surface area contributed by atoms with E-state index in [9.17, 15) is 27.0 Å². The number of nitrogens with one attached hydrogen (secondary N) is 1. The van der Waals surface area contributed by atoms with Crippen molar-refractivity contribution >= 4 is 50.0 Å². The normalized spacial score (nSPS) is 15.8. The molecule has 0 aliphatic carbocycles. The van der Waals surface area contributed by atoms with E-state index in [1.807, 2.05) is 0 Å². The Morgan fingerprint density at radius 3 is 2.46 bits per heavy atom. The summed E-state index contributed by atoms with van der Waals surface area (Å²) in [6, 6.07) is 4.57. The van der Waals surface area contributed by atoms with Gasteiger partial charge in [-0.25, -0.2) is 28.3 Å². The highest BCUT2D eigenvalue weighted by molar-refractivity contribution is 7.92. The number of ether oxygens (including phenoxy) is 1. The summed E-state index contributed by atoms with van der Waals surface area (Å²) in [6.07, 6.45) is 2.93. The minimum absolute atomic E-state index is 0.113. The molecule has 1 amide bonds. The maximum atomic E-state index is 14.0. The number of piperazine rings is 1. The van der Waals surface area contributed by atoms with Gasteiger partial charge < -0.3 is 15.0 Å². The van der Waals surface area contributed by atoms with Crippen molar-refractivity contribution in [2.75, 3.05) is 42.4 Å². The van der Waals surface area contributed by atoms with E-state index in [-0.39, 0.29) is 48.3 Å². The van der Waals surface area contributed by atoms with Crippen molar-refractivity contribution in [3.63, 3.8) is 0 Å². The Labute approximate surface area is 274 Å². The van der Waals surface area contributed by atoms with Gasteiger partial charge in [0.15, 0.2) is 17.3 Å². The minimum atomic E-state index is -4.66. The number of allylic oxidation sites excluding steroid dienone is 1. The average Bonchev–Trinajstić information content (AvgIpc) is 3.25. The number of benzene rings is 1. The summed E-state index contributed by atoms with van der Waals surface area (Å²) in [5.41, 5.74) is -0.0722. The number of halogens is 3. The predicted octanol–water partition coefficient (Wildman–Crippen LogP) is 4.65. The summed E-state index contributed by atoms with van der Waals surface area (Å²) in [5.74, 6) is 0.441. The molecule has 1 saturated heterocycles. The Balaban J connectivity index is 1.41. The molecule has 4 aromatic rings. The number of rotatable bonds is 7. The Morgan fingerprint density at radius 1 is 1.12 bits per heavy atom. The molecule has 5 rings (SSSR count). The van der Waals surface area contributed by atoms with Gasteiger partial charge >= 0.3 is 12.3 Å². The summed E-state index contributed by atoms with van der Waals surface area (Å²) in [4.78, 5) is 45.5. The molecule has 48 heavy (non-hydrogen) atoms. The Bertz CT molecular complexity index is 2020. The maximum Gasteiger partial charge on any atom is 0.410 e. The fourth-order valence-corrected chi connectivity index (χ4v) is 5.59. The fraction of sp³-hybridized carbons (Fsp3) is 0.400. The van der Waals surface area contributed by atoms with Crippen LogP contribution in [0.2, 0.25) is 0 Å². The van der Waals surface area contributed by atoms with Gasteiger partial charge in [-0.3, -0.25) is 14.7 Å². The van der Waals surface area contributed by atoms with Crippen LogP contribution in [-0.4, -0.2) is 94.5 Å². The van der Waals surface area contributed by atoms with Crippen molar-refractivity contribution in [2.45, 2.75) is 45.1 Å². The summed E-state index contributed by atoms with van der Waals surface area (Å²) in [7, 11) is -2.54. The van der Waals surface area contributed by atoms with Crippen LogP contribution in [0.5, 0.6) is 0 Å². The van der Waals surface area contributed by atoms with Crippen LogP contribution in [0, 0.1) is 0 Å². The van der Waals surface area contributed by atoms with E-state index in [2.05, 4.69) is 36.2 Å². The van der Waals surface area contributed by atoms with E-state index in [1.54, 1.807) is 49.9 Å². The van der Waals surface area contributed by atoms with Gasteiger partial charge in [-0.2, -0.15) is 22.5 Å². The third kappa shape index (κ3) is 7.75. The molecule has 4 heterocycles. The van der Waals surface area contributed by atoms with Crippen molar-refractivity contribution in [2.24, 2.45) is 4.36 Å². The van der Waals surface area contributed by atoms with Crippen LogP contribution in [0.15, 0.2) is 64.7 Å². The minimum Gasteiger partial charge on any atom is -0.444 e. The van der Waals surface area contributed by atoms with Crippen LogP contribution in [0.1, 0.15) is 20.8 Å². The molecular weight excluding hydrogens is 653 g/mol. The second kappa shape index (κ2) is 12.9. The first-order valence-electron chi connectivity index (χ1n) is 14.7. The molecule has 1 aliphatic heterocycles. The Kier molecular flexibility index (Phi) is 9.22. The van der Waals surface area contributed by atoms with Crippen LogP contribution < -0.4 is 15.8 Å². The van der Waals surface area contributed by atoms with E-state index < -0.39 is 45.7 Å². The van der Waals surface area contributed by atoms with Gasteiger partial charge in [0.05, 0.1) is 18.9 Å². The summed E-state index contributed by atoms with van der Waals surface area (Å²) in [6.45, 7) is 8.18. The van der Waals surface area contributed by atoms with Crippen LogP contribution in [0.25, 0.3) is 16.9 Å². The fourth-order valence-electron chi connectivity index (χ4n) is 5.05. The maximum absolute atomic E-state index is 14.0. The molecule has 1 atom stereocenters. The predicted molar refractivity (Wildman–Crippen MR) is 176 cm³/mol. The molecule has 1 N–H and O–H groups in total. The molecule has 1 unspecified atom stereocenters. The zero-order valence-corrected chi connectivity index (χ0v) is 27.7. The number of aromatic nitrogens is 6. The van der Waals surface area contributed by atoms with Gasteiger partial charge in [-0.05, 0) is 45.0 Å². The first-order valence-corrected chi connectivity index (χ1v) is 17.0. The third-order valence-corrected chi connectivity index (χ3v) is 7.62. The monoisotopic (exact) mass is 688 g/mol. The molecule has 0 saturated carbocycles. The van der Waals surface area contributed by atoms with E-state index in [0.29, 0.717) is 11.4 Å². The molecular formula is C30H35F3N10O4S. The van der Waals surface area contributed by atoms with Crippen molar-refractivity contribution < 1.29 is 26.9 Å². The van der Waals surface area contributed by atoms with Crippen molar-refractivity contribution in [3.05, 3.63) is 65.9 Å². The van der Waals surface area contributed by atoms with Gasteiger partial charge in [0, 0.05) is 59.4 Å². The Morgan fingerprint density at radius 2 is 1.83 bits per heavy atom. The van der Waals surface area contributed by atoms with Gasteiger partial charge in [0.1, 0.15) is 17.0 Å².